The van der Waals surface area contributed by atoms with Crippen molar-refractivity contribution in [1.29, 1.82) is 0 Å². The van der Waals surface area contributed by atoms with Gasteiger partial charge in [0, 0.05) is 12.8 Å². The van der Waals surface area contributed by atoms with Crippen molar-refractivity contribution in [2.75, 3.05) is 0 Å². The van der Waals surface area contributed by atoms with Gasteiger partial charge in [0.15, 0.2) is 0 Å². The van der Waals surface area contributed by atoms with E-state index in [-0.39, 0.29) is 17.6 Å². The van der Waals surface area contributed by atoms with Crippen LogP contribution in [0.4, 0.5) is 0 Å². The van der Waals surface area contributed by atoms with E-state index in [1.165, 1.54) is 5.57 Å². The summed E-state index contributed by atoms with van der Waals surface area (Å²) in [4.78, 5) is 11.8. The van der Waals surface area contributed by atoms with Crippen LogP contribution in [0.5, 0.6) is 0 Å². The van der Waals surface area contributed by atoms with Gasteiger partial charge in [0.1, 0.15) is 5.78 Å². The minimum absolute atomic E-state index is 0.108. The fourth-order valence-electron chi connectivity index (χ4n) is 2.27. The first-order chi connectivity index (χ1) is 7.72. The minimum atomic E-state index is -0.967. The Balaban J connectivity index is 2.74. The van der Waals surface area contributed by atoms with Crippen LogP contribution in [0.2, 0.25) is 0 Å². The zero-order chi connectivity index (χ0) is 13.1. The van der Waals surface area contributed by atoms with E-state index >= 15 is 0 Å². The van der Waals surface area contributed by atoms with Gasteiger partial charge < -0.3 is 5.11 Å². The molecule has 0 bridgehead atoms. The maximum atomic E-state index is 11.8. The molecule has 1 rings (SSSR count). The molecule has 1 aliphatic rings. The Morgan fingerprint density at radius 1 is 1.35 bits per heavy atom. The van der Waals surface area contributed by atoms with Gasteiger partial charge in [-0.1, -0.05) is 30.7 Å². The van der Waals surface area contributed by atoms with Gasteiger partial charge in [-0.15, -0.1) is 0 Å². The molecule has 2 atom stereocenters. The molecule has 96 valence electrons. The third-order valence-electron chi connectivity index (χ3n) is 3.27. The molecule has 0 fully saturated rings. The van der Waals surface area contributed by atoms with E-state index in [0.717, 1.165) is 12.8 Å². The molecule has 2 nitrogen and oxygen atoms in total. The lowest BCUT2D eigenvalue weighted by molar-refractivity contribution is -0.123. The Labute approximate surface area is 104 Å². The molecule has 1 N–H and O–H groups in total. The molecule has 1 aliphatic carbocycles. The molecule has 0 saturated carbocycles. The molecule has 0 aromatic carbocycles. The standard InChI is InChI=1S/C15H24O2/c1-12(2)6-5-7-14(3)8-9-15(4,17)11-13(16)10-14/h6,8-9,17H,5,7,10-11H2,1-4H3. The van der Waals surface area contributed by atoms with Gasteiger partial charge in [-0.3, -0.25) is 4.79 Å². The molecule has 0 amide bonds. The third kappa shape index (κ3) is 4.86. The van der Waals surface area contributed by atoms with Gasteiger partial charge in [-0.25, -0.2) is 0 Å². The number of rotatable bonds is 3. The minimum Gasteiger partial charge on any atom is -0.386 e. The summed E-state index contributed by atoms with van der Waals surface area (Å²) < 4.78 is 0. The lowest BCUT2D eigenvalue weighted by Crippen LogP contribution is -2.24. The maximum Gasteiger partial charge on any atom is 0.136 e. The van der Waals surface area contributed by atoms with E-state index in [9.17, 15) is 9.90 Å². The summed E-state index contributed by atoms with van der Waals surface area (Å²) in [6.07, 6.45) is 8.73. The molecule has 2 heteroatoms. The molecular formula is C15H24O2. The second-order valence-electron chi connectivity index (χ2n) is 6.06. The topological polar surface area (TPSA) is 37.3 Å². The largest absolute Gasteiger partial charge is 0.386 e. The van der Waals surface area contributed by atoms with Crippen LogP contribution < -0.4 is 0 Å². The summed E-state index contributed by atoms with van der Waals surface area (Å²) in [5.74, 6) is 0.153. The molecule has 0 aromatic heterocycles. The van der Waals surface area contributed by atoms with Crippen LogP contribution in [0.3, 0.4) is 0 Å². The van der Waals surface area contributed by atoms with Crippen molar-refractivity contribution in [3.05, 3.63) is 23.8 Å². The summed E-state index contributed by atoms with van der Waals surface area (Å²) in [5, 5.41) is 9.95. The second kappa shape index (κ2) is 5.18. The van der Waals surface area contributed by atoms with Crippen molar-refractivity contribution >= 4 is 5.78 Å². The van der Waals surface area contributed by atoms with Crippen molar-refractivity contribution < 1.29 is 9.90 Å². The highest BCUT2D eigenvalue weighted by Crippen LogP contribution is 2.35. The highest BCUT2D eigenvalue weighted by atomic mass is 16.3. The SMILES string of the molecule is CC(C)=CCCC1(C)C=CC(C)(O)CC(=O)C1. The number of carbonyl (C=O) groups excluding carboxylic acids is 1. The predicted molar refractivity (Wildman–Crippen MR) is 70.8 cm³/mol. The number of carbonyl (C=O) groups is 1. The highest BCUT2D eigenvalue weighted by molar-refractivity contribution is 5.81. The van der Waals surface area contributed by atoms with Gasteiger partial charge in [-0.2, -0.15) is 0 Å². The van der Waals surface area contributed by atoms with E-state index in [1.807, 2.05) is 6.08 Å². The van der Waals surface area contributed by atoms with Gasteiger partial charge in [0.2, 0.25) is 0 Å². The van der Waals surface area contributed by atoms with Crippen molar-refractivity contribution in [3.8, 4) is 0 Å². The van der Waals surface area contributed by atoms with Crippen LogP contribution in [0.25, 0.3) is 0 Å². The van der Waals surface area contributed by atoms with Gasteiger partial charge >= 0.3 is 0 Å². The quantitative estimate of drug-likeness (QED) is 0.762. The second-order valence-corrected chi connectivity index (χ2v) is 6.06. The highest BCUT2D eigenvalue weighted by Gasteiger charge is 2.32. The van der Waals surface area contributed by atoms with Crippen LogP contribution in [-0.2, 0) is 4.79 Å². The van der Waals surface area contributed by atoms with E-state index < -0.39 is 5.60 Å². The summed E-state index contributed by atoms with van der Waals surface area (Å²) in [7, 11) is 0. The summed E-state index contributed by atoms with van der Waals surface area (Å²) in [6.45, 7) is 7.97. The van der Waals surface area contributed by atoms with Crippen molar-refractivity contribution in [1.82, 2.24) is 0 Å². The molecule has 0 heterocycles. The predicted octanol–water partition coefficient (Wildman–Crippen LogP) is 3.41. The van der Waals surface area contributed by atoms with E-state index in [0.29, 0.717) is 6.42 Å². The smallest absolute Gasteiger partial charge is 0.136 e. The van der Waals surface area contributed by atoms with E-state index in [1.54, 1.807) is 13.0 Å². The average molecular weight is 236 g/mol. The van der Waals surface area contributed by atoms with Gasteiger partial charge in [0.05, 0.1) is 5.60 Å². The van der Waals surface area contributed by atoms with Crippen LogP contribution in [-0.4, -0.2) is 16.5 Å². The molecule has 0 spiro atoms. The number of hydrogen-bond acceptors (Lipinski definition) is 2. The summed E-state index contributed by atoms with van der Waals surface area (Å²) >= 11 is 0. The molecule has 0 saturated heterocycles. The number of aliphatic hydroxyl groups is 1. The average Bonchev–Trinajstić information content (AvgIpc) is 2.22. The number of ketones is 1. The fourth-order valence-corrected chi connectivity index (χ4v) is 2.27. The summed E-state index contributed by atoms with van der Waals surface area (Å²) in [6, 6.07) is 0. The Kier molecular flexibility index (Phi) is 4.31. The number of hydrogen-bond donors (Lipinski definition) is 1. The maximum absolute atomic E-state index is 11.8. The molecule has 17 heavy (non-hydrogen) atoms. The third-order valence-corrected chi connectivity index (χ3v) is 3.27. The monoisotopic (exact) mass is 236 g/mol. The molecular weight excluding hydrogens is 212 g/mol. The molecule has 2 unspecified atom stereocenters. The number of allylic oxidation sites excluding steroid dienone is 3. The first-order valence-corrected chi connectivity index (χ1v) is 6.30. The first-order valence-electron chi connectivity index (χ1n) is 6.30. The summed E-state index contributed by atoms with van der Waals surface area (Å²) in [5.41, 5.74) is 0.235. The van der Waals surface area contributed by atoms with Crippen molar-refractivity contribution in [2.24, 2.45) is 5.41 Å². The zero-order valence-corrected chi connectivity index (χ0v) is 11.4. The van der Waals surface area contributed by atoms with Crippen LogP contribution in [0.1, 0.15) is 53.4 Å². The first kappa shape index (κ1) is 14.2. The number of Topliss-reactive ketones (excluding diaryl/α,β-unsaturated/α-hetero) is 1. The Morgan fingerprint density at radius 2 is 2.00 bits per heavy atom. The molecule has 0 radical (unpaired) electrons. The van der Waals surface area contributed by atoms with Gasteiger partial charge in [0.25, 0.3) is 0 Å². The van der Waals surface area contributed by atoms with E-state index in [4.69, 9.17) is 0 Å². The Morgan fingerprint density at radius 3 is 2.59 bits per heavy atom. The van der Waals surface area contributed by atoms with Crippen molar-refractivity contribution in [3.63, 3.8) is 0 Å². The molecule has 0 aliphatic heterocycles. The van der Waals surface area contributed by atoms with Crippen molar-refractivity contribution in [2.45, 2.75) is 59.0 Å². The Hall–Kier alpha value is -0.890. The van der Waals surface area contributed by atoms with Gasteiger partial charge in [-0.05, 0) is 39.0 Å². The zero-order valence-electron chi connectivity index (χ0n) is 11.4. The van der Waals surface area contributed by atoms with Crippen LogP contribution in [0.15, 0.2) is 23.8 Å². The fraction of sp³-hybridized carbons (Fsp3) is 0.667. The Bertz CT molecular complexity index is 346. The van der Waals surface area contributed by atoms with Crippen LogP contribution in [0, 0.1) is 5.41 Å². The van der Waals surface area contributed by atoms with Crippen LogP contribution >= 0.6 is 0 Å². The normalized spacial score (nSPS) is 33.4. The lowest BCUT2D eigenvalue weighted by Gasteiger charge is -2.23. The lowest BCUT2D eigenvalue weighted by atomic mass is 9.81. The molecule has 0 aromatic rings. The van der Waals surface area contributed by atoms with E-state index in [2.05, 4.69) is 26.8 Å².